The standard InChI is InChI=1S/C17H19NO5S/c1-22-14-2-3-15-11(7-14)6-12(9-23-15)17(21)18-4-5-24-10-13(18)8-16(19)20/h2-3,6-7,13H,4-5,8-10H2,1H3,(H,19,20). The van der Waals surface area contributed by atoms with Crippen LogP contribution in [0.1, 0.15) is 12.0 Å². The van der Waals surface area contributed by atoms with Gasteiger partial charge in [-0.3, -0.25) is 9.59 Å². The number of ether oxygens (including phenoxy) is 2. The van der Waals surface area contributed by atoms with Crippen molar-refractivity contribution in [2.24, 2.45) is 0 Å². The van der Waals surface area contributed by atoms with Crippen LogP contribution in [0.4, 0.5) is 0 Å². The third-order valence-corrected chi connectivity index (χ3v) is 5.19. The number of rotatable bonds is 4. The van der Waals surface area contributed by atoms with E-state index in [1.807, 2.05) is 24.3 Å². The molecule has 7 heteroatoms. The van der Waals surface area contributed by atoms with Crippen LogP contribution in [0.2, 0.25) is 0 Å². The van der Waals surface area contributed by atoms with Crippen LogP contribution in [0, 0.1) is 0 Å². The van der Waals surface area contributed by atoms with Crippen LogP contribution in [-0.4, -0.2) is 59.7 Å². The molecule has 0 radical (unpaired) electrons. The average molecular weight is 349 g/mol. The van der Waals surface area contributed by atoms with E-state index in [1.54, 1.807) is 23.8 Å². The SMILES string of the molecule is COc1ccc2c(c1)C=C(C(=O)N1CCSCC1CC(=O)O)CO2. The molecule has 1 aromatic rings. The van der Waals surface area contributed by atoms with Gasteiger partial charge in [0.25, 0.3) is 5.91 Å². The fourth-order valence-electron chi connectivity index (χ4n) is 2.88. The number of amides is 1. The van der Waals surface area contributed by atoms with Gasteiger partial charge in [0.15, 0.2) is 0 Å². The molecule has 1 atom stereocenters. The van der Waals surface area contributed by atoms with Gasteiger partial charge in [-0.05, 0) is 24.3 Å². The first-order valence-electron chi connectivity index (χ1n) is 7.70. The van der Waals surface area contributed by atoms with Crippen LogP contribution in [0.15, 0.2) is 23.8 Å². The molecular formula is C17H19NO5S. The normalized spacial score (nSPS) is 19.8. The fraction of sp³-hybridized carbons (Fsp3) is 0.412. The summed E-state index contributed by atoms with van der Waals surface area (Å²) in [6, 6.07) is 5.17. The molecule has 1 aromatic carbocycles. The van der Waals surface area contributed by atoms with Crippen LogP contribution >= 0.6 is 11.8 Å². The number of methoxy groups -OCH3 is 1. The summed E-state index contributed by atoms with van der Waals surface area (Å²) in [5.74, 6) is 1.85. The molecule has 0 spiro atoms. The molecule has 24 heavy (non-hydrogen) atoms. The van der Waals surface area contributed by atoms with E-state index in [1.165, 1.54) is 0 Å². The number of hydrogen-bond acceptors (Lipinski definition) is 5. The number of nitrogens with zero attached hydrogens (tertiary/aromatic N) is 1. The number of carboxylic acids is 1. The summed E-state index contributed by atoms with van der Waals surface area (Å²) in [6.45, 7) is 0.755. The Morgan fingerprint density at radius 2 is 2.29 bits per heavy atom. The van der Waals surface area contributed by atoms with E-state index in [0.717, 1.165) is 11.3 Å². The first-order chi connectivity index (χ1) is 11.6. The zero-order chi connectivity index (χ0) is 17.1. The largest absolute Gasteiger partial charge is 0.497 e. The van der Waals surface area contributed by atoms with Gasteiger partial charge in [0.1, 0.15) is 18.1 Å². The van der Waals surface area contributed by atoms with Crippen molar-refractivity contribution in [3.05, 3.63) is 29.3 Å². The Hall–Kier alpha value is -2.15. The lowest BCUT2D eigenvalue weighted by Gasteiger charge is -2.35. The van der Waals surface area contributed by atoms with Crippen molar-refractivity contribution < 1.29 is 24.2 Å². The molecule has 0 aromatic heterocycles. The molecule has 2 heterocycles. The molecule has 2 aliphatic heterocycles. The molecule has 128 valence electrons. The van der Waals surface area contributed by atoms with Gasteiger partial charge in [0.05, 0.1) is 25.1 Å². The van der Waals surface area contributed by atoms with E-state index < -0.39 is 5.97 Å². The lowest BCUT2D eigenvalue weighted by atomic mass is 10.0. The molecule has 1 N–H and O–H groups in total. The van der Waals surface area contributed by atoms with Crippen molar-refractivity contribution in [2.45, 2.75) is 12.5 Å². The highest BCUT2D eigenvalue weighted by molar-refractivity contribution is 7.99. The van der Waals surface area contributed by atoms with Crippen molar-refractivity contribution in [3.8, 4) is 11.5 Å². The Labute approximate surface area is 144 Å². The topological polar surface area (TPSA) is 76.1 Å². The maximum atomic E-state index is 12.9. The number of aliphatic carboxylic acids is 1. The molecule has 3 rings (SSSR count). The molecule has 0 saturated carbocycles. The number of benzene rings is 1. The summed E-state index contributed by atoms with van der Waals surface area (Å²) < 4.78 is 10.9. The third kappa shape index (κ3) is 3.51. The number of thioether (sulfide) groups is 1. The average Bonchev–Trinajstić information content (AvgIpc) is 2.60. The molecule has 1 fully saturated rings. The highest BCUT2D eigenvalue weighted by Gasteiger charge is 2.31. The van der Waals surface area contributed by atoms with E-state index in [-0.39, 0.29) is 25.0 Å². The molecule has 6 nitrogen and oxygen atoms in total. The van der Waals surface area contributed by atoms with Gasteiger partial charge >= 0.3 is 5.97 Å². The number of fused-ring (bicyclic) bond motifs is 1. The second-order valence-corrected chi connectivity index (χ2v) is 6.84. The maximum absolute atomic E-state index is 12.9. The number of carboxylic acid groups (broad SMARTS) is 1. The Kier molecular flexibility index (Phi) is 4.99. The van der Waals surface area contributed by atoms with Crippen LogP contribution in [-0.2, 0) is 9.59 Å². The lowest BCUT2D eigenvalue weighted by Crippen LogP contribution is -2.48. The molecule has 1 amide bonds. The van der Waals surface area contributed by atoms with E-state index in [0.29, 0.717) is 29.4 Å². The van der Waals surface area contributed by atoms with Gasteiger partial charge in [-0.15, -0.1) is 0 Å². The predicted molar refractivity (Wildman–Crippen MR) is 91.5 cm³/mol. The monoisotopic (exact) mass is 349 g/mol. The van der Waals surface area contributed by atoms with Crippen molar-refractivity contribution in [1.82, 2.24) is 4.90 Å². The summed E-state index contributed by atoms with van der Waals surface area (Å²) >= 11 is 1.68. The Morgan fingerprint density at radius 3 is 3.04 bits per heavy atom. The van der Waals surface area contributed by atoms with E-state index in [4.69, 9.17) is 14.6 Å². The Morgan fingerprint density at radius 1 is 1.46 bits per heavy atom. The summed E-state index contributed by atoms with van der Waals surface area (Å²) in [5, 5.41) is 9.06. The van der Waals surface area contributed by atoms with Crippen molar-refractivity contribution in [1.29, 1.82) is 0 Å². The van der Waals surface area contributed by atoms with Gasteiger partial charge in [-0.25, -0.2) is 0 Å². The van der Waals surface area contributed by atoms with Crippen molar-refractivity contribution in [3.63, 3.8) is 0 Å². The summed E-state index contributed by atoms with van der Waals surface area (Å²) in [4.78, 5) is 25.6. The number of hydrogen-bond donors (Lipinski definition) is 1. The van der Waals surface area contributed by atoms with Crippen LogP contribution in [0.5, 0.6) is 11.5 Å². The zero-order valence-corrected chi connectivity index (χ0v) is 14.2. The van der Waals surface area contributed by atoms with E-state index in [9.17, 15) is 9.59 Å². The maximum Gasteiger partial charge on any atom is 0.305 e. The van der Waals surface area contributed by atoms with Gasteiger partial charge in [0.2, 0.25) is 0 Å². The van der Waals surface area contributed by atoms with Gasteiger partial charge < -0.3 is 19.5 Å². The second kappa shape index (κ2) is 7.17. The zero-order valence-electron chi connectivity index (χ0n) is 13.4. The Balaban J connectivity index is 1.83. The van der Waals surface area contributed by atoms with Gasteiger partial charge in [-0.1, -0.05) is 0 Å². The third-order valence-electron chi connectivity index (χ3n) is 4.10. The molecular weight excluding hydrogens is 330 g/mol. The summed E-state index contributed by atoms with van der Waals surface area (Å²) in [6.07, 6.45) is 1.78. The first-order valence-corrected chi connectivity index (χ1v) is 8.86. The smallest absolute Gasteiger partial charge is 0.305 e. The molecule has 1 saturated heterocycles. The number of carbonyl (C=O) groups is 2. The quantitative estimate of drug-likeness (QED) is 0.895. The summed E-state index contributed by atoms with van der Waals surface area (Å²) in [7, 11) is 1.59. The van der Waals surface area contributed by atoms with Crippen LogP contribution in [0.3, 0.4) is 0 Å². The lowest BCUT2D eigenvalue weighted by molar-refractivity contribution is -0.139. The van der Waals surface area contributed by atoms with Gasteiger partial charge in [-0.2, -0.15) is 11.8 Å². The highest BCUT2D eigenvalue weighted by Crippen LogP contribution is 2.31. The van der Waals surface area contributed by atoms with Crippen LogP contribution < -0.4 is 9.47 Å². The molecule has 1 unspecified atom stereocenters. The minimum atomic E-state index is -0.885. The molecule has 0 aliphatic carbocycles. The predicted octanol–water partition coefficient (Wildman–Crippen LogP) is 1.89. The minimum absolute atomic E-state index is 0.0305. The minimum Gasteiger partial charge on any atom is -0.497 e. The molecule has 2 aliphatic rings. The highest BCUT2D eigenvalue weighted by atomic mass is 32.2. The Bertz CT molecular complexity index is 688. The van der Waals surface area contributed by atoms with Crippen molar-refractivity contribution in [2.75, 3.05) is 31.8 Å². The summed E-state index contributed by atoms with van der Waals surface area (Å²) in [5.41, 5.74) is 1.34. The molecule has 0 bridgehead atoms. The van der Waals surface area contributed by atoms with Gasteiger partial charge in [0, 0.05) is 23.6 Å². The number of carbonyl (C=O) groups excluding carboxylic acids is 1. The fourth-order valence-corrected chi connectivity index (χ4v) is 3.95. The van der Waals surface area contributed by atoms with E-state index >= 15 is 0 Å². The van der Waals surface area contributed by atoms with Crippen LogP contribution in [0.25, 0.3) is 6.08 Å². The first kappa shape index (κ1) is 16.7. The second-order valence-electron chi connectivity index (χ2n) is 5.69. The van der Waals surface area contributed by atoms with Crippen molar-refractivity contribution >= 4 is 29.7 Å². The van der Waals surface area contributed by atoms with E-state index in [2.05, 4.69) is 0 Å².